The van der Waals surface area contributed by atoms with E-state index in [1.165, 1.54) is 0 Å². The Bertz CT molecular complexity index is 1020. The fourth-order valence-corrected chi connectivity index (χ4v) is 2.76. The molecule has 2 aromatic rings. The SMILES string of the molecule is O=C(O)c1cc2c(c(O)c1C(=O)O)C(=O)c1c(O)cc(O)cc1C2=O. The number of aromatic hydroxyl groups is 3. The number of fused-ring (bicyclic) bond motifs is 2. The lowest BCUT2D eigenvalue weighted by atomic mass is 9.80. The summed E-state index contributed by atoms with van der Waals surface area (Å²) in [4.78, 5) is 47.6. The van der Waals surface area contributed by atoms with Crippen LogP contribution >= 0.6 is 0 Å². The lowest BCUT2D eigenvalue weighted by Crippen LogP contribution is -2.24. The topological polar surface area (TPSA) is 169 Å². The molecule has 0 saturated carbocycles. The van der Waals surface area contributed by atoms with E-state index in [-0.39, 0.29) is 0 Å². The first-order chi connectivity index (χ1) is 11.6. The van der Waals surface area contributed by atoms with Crippen LogP contribution in [0, 0.1) is 0 Å². The molecule has 3 rings (SSSR count). The summed E-state index contributed by atoms with van der Waals surface area (Å²) in [7, 11) is 0. The maximum atomic E-state index is 12.6. The van der Waals surface area contributed by atoms with Gasteiger partial charge in [-0.2, -0.15) is 0 Å². The van der Waals surface area contributed by atoms with Gasteiger partial charge in [-0.15, -0.1) is 0 Å². The summed E-state index contributed by atoms with van der Waals surface area (Å²) in [6.45, 7) is 0. The number of carbonyl (C=O) groups excluding carboxylic acids is 2. The second kappa shape index (κ2) is 5.06. The van der Waals surface area contributed by atoms with Crippen LogP contribution in [0.1, 0.15) is 52.6 Å². The molecular formula is C16H8O9. The van der Waals surface area contributed by atoms with Gasteiger partial charge in [0.2, 0.25) is 5.78 Å². The van der Waals surface area contributed by atoms with Crippen molar-refractivity contribution < 1.29 is 44.7 Å². The van der Waals surface area contributed by atoms with Gasteiger partial charge in [0, 0.05) is 17.2 Å². The maximum absolute atomic E-state index is 12.6. The summed E-state index contributed by atoms with van der Waals surface area (Å²) in [5.74, 6) is -7.98. The summed E-state index contributed by atoms with van der Waals surface area (Å²) in [5, 5.41) is 47.7. The van der Waals surface area contributed by atoms with E-state index < -0.39 is 74.1 Å². The first-order valence-corrected chi connectivity index (χ1v) is 6.67. The van der Waals surface area contributed by atoms with Crippen molar-refractivity contribution >= 4 is 23.5 Å². The van der Waals surface area contributed by atoms with Crippen LogP contribution in [0.15, 0.2) is 18.2 Å². The molecule has 25 heavy (non-hydrogen) atoms. The molecule has 0 aromatic heterocycles. The molecule has 0 aliphatic heterocycles. The molecule has 126 valence electrons. The fourth-order valence-electron chi connectivity index (χ4n) is 2.76. The predicted octanol–water partition coefficient (Wildman–Crippen LogP) is 0.975. The highest BCUT2D eigenvalue weighted by molar-refractivity contribution is 6.31. The van der Waals surface area contributed by atoms with Gasteiger partial charge in [0.05, 0.1) is 16.7 Å². The highest BCUT2D eigenvalue weighted by atomic mass is 16.4. The van der Waals surface area contributed by atoms with Gasteiger partial charge in [0.25, 0.3) is 0 Å². The molecule has 9 nitrogen and oxygen atoms in total. The van der Waals surface area contributed by atoms with Crippen LogP contribution in [0.25, 0.3) is 0 Å². The van der Waals surface area contributed by atoms with Crippen molar-refractivity contribution in [2.24, 2.45) is 0 Å². The Kier molecular flexibility index (Phi) is 3.24. The Morgan fingerprint density at radius 3 is 1.92 bits per heavy atom. The number of phenolic OH excluding ortho intramolecular Hbond substituents is 2. The van der Waals surface area contributed by atoms with Crippen LogP contribution in [-0.4, -0.2) is 49.0 Å². The zero-order chi connectivity index (χ0) is 18.6. The molecular weight excluding hydrogens is 336 g/mol. The van der Waals surface area contributed by atoms with Gasteiger partial charge in [-0.25, -0.2) is 9.59 Å². The third kappa shape index (κ3) is 2.10. The molecule has 0 unspecified atom stereocenters. The minimum absolute atomic E-state index is 0.395. The first kappa shape index (κ1) is 16.0. The van der Waals surface area contributed by atoms with E-state index >= 15 is 0 Å². The number of benzene rings is 2. The number of aromatic carboxylic acids is 2. The number of carboxylic acid groups (broad SMARTS) is 2. The third-order valence-electron chi connectivity index (χ3n) is 3.79. The number of hydrogen-bond donors (Lipinski definition) is 5. The van der Waals surface area contributed by atoms with E-state index in [9.17, 15) is 34.5 Å². The minimum Gasteiger partial charge on any atom is -0.508 e. The van der Waals surface area contributed by atoms with Gasteiger partial charge < -0.3 is 25.5 Å². The van der Waals surface area contributed by atoms with Gasteiger partial charge in [-0.1, -0.05) is 0 Å². The molecule has 0 spiro atoms. The Labute approximate surface area is 138 Å². The Balaban J connectivity index is 2.44. The van der Waals surface area contributed by atoms with Crippen LogP contribution < -0.4 is 0 Å². The smallest absolute Gasteiger partial charge is 0.340 e. The van der Waals surface area contributed by atoms with Gasteiger partial charge >= 0.3 is 11.9 Å². The van der Waals surface area contributed by atoms with Crippen molar-refractivity contribution in [1.29, 1.82) is 0 Å². The van der Waals surface area contributed by atoms with Crippen LogP contribution in [0.4, 0.5) is 0 Å². The molecule has 0 bridgehead atoms. The van der Waals surface area contributed by atoms with E-state index in [0.29, 0.717) is 6.07 Å². The summed E-state index contributed by atoms with van der Waals surface area (Å²) in [5.41, 5.74) is -4.10. The minimum atomic E-state index is -1.81. The second-order valence-corrected chi connectivity index (χ2v) is 5.23. The molecule has 0 heterocycles. The third-order valence-corrected chi connectivity index (χ3v) is 3.79. The van der Waals surface area contributed by atoms with E-state index in [2.05, 4.69) is 0 Å². The normalized spacial score (nSPS) is 12.5. The average molecular weight is 344 g/mol. The zero-order valence-electron chi connectivity index (χ0n) is 12.1. The molecule has 9 heteroatoms. The van der Waals surface area contributed by atoms with Crippen molar-refractivity contribution in [3.8, 4) is 17.2 Å². The number of hydrogen-bond acceptors (Lipinski definition) is 7. The number of rotatable bonds is 2. The van der Waals surface area contributed by atoms with Crippen molar-refractivity contribution in [3.05, 3.63) is 51.6 Å². The Morgan fingerprint density at radius 2 is 1.36 bits per heavy atom. The van der Waals surface area contributed by atoms with Gasteiger partial charge in [-0.3, -0.25) is 9.59 Å². The van der Waals surface area contributed by atoms with E-state index in [1.54, 1.807) is 0 Å². The Morgan fingerprint density at radius 1 is 0.760 bits per heavy atom. The van der Waals surface area contributed by atoms with Crippen LogP contribution in [-0.2, 0) is 0 Å². The molecule has 1 aliphatic carbocycles. The van der Waals surface area contributed by atoms with Crippen molar-refractivity contribution in [2.75, 3.05) is 0 Å². The second-order valence-electron chi connectivity index (χ2n) is 5.23. The van der Waals surface area contributed by atoms with Gasteiger partial charge in [-0.05, 0) is 12.1 Å². The summed E-state index contributed by atoms with van der Waals surface area (Å²) in [6.07, 6.45) is 0. The molecule has 0 radical (unpaired) electrons. The fraction of sp³-hybridized carbons (Fsp3) is 0. The molecule has 0 saturated heterocycles. The lowest BCUT2D eigenvalue weighted by Gasteiger charge is -2.21. The van der Waals surface area contributed by atoms with Crippen LogP contribution in [0.5, 0.6) is 17.2 Å². The van der Waals surface area contributed by atoms with Crippen molar-refractivity contribution in [2.45, 2.75) is 0 Å². The van der Waals surface area contributed by atoms with E-state index in [0.717, 1.165) is 12.1 Å². The van der Waals surface area contributed by atoms with Crippen molar-refractivity contribution in [3.63, 3.8) is 0 Å². The summed E-state index contributed by atoms with van der Waals surface area (Å²) < 4.78 is 0. The van der Waals surface area contributed by atoms with Crippen LogP contribution in [0.3, 0.4) is 0 Å². The highest BCUT2D eigenvalue weighted by Crippen LogP contribution is 2.40. The highest BCUT2D eigenvalue weighted by Gasteiger charge is 2.38. The summed E-state index contributed by atoms with van der Waals surface area (Å²) in [6, 6.07) is 2.38. The molecule has 0 amide bonds. The monoisotopic (exact) mass is 344 g/mol. The quantitative estimate of drug-likeness (QED) is 0.454. The number of carbonyl (C=O) groups is 4. The molecule has 0 atom stereocenters. The predicted molar refractivity (Wildman–Crippen MR) is 78.7 cm³/mol. The van der Waals surface area contributed by atoms with Crippen LogP contribution in [0.2, 0.25) is 0 Å². The van der Waals surface area contributed by atoms with E-state index in [4.69, 9.17) is 10.2 Å². The molecule has 0 fully saturated rings. The molecule has 5 N–H and O–H groups in total. The number of carboxylic acids is 2. The number of ketones is 2. The van der Waals surface area contributed by atoms with Gasteiger partial charge in [0.1, 0.15) is 22.8 Å². The molecule has 1 aliphatic rings. The van der Waals surface area contributed by atoms with Gasteiger partial charge in [0.15, 0.2) is 5.78 Å². The average Bonchev–Trinajstić information content (AvgIpc) is 2.50. The zero-order valence-corrected chi connectivity index (χ0v) is 12.1. The Hall–Kier alpha value is -3.88. The lowest BCUT2D eigenvalue weighted by molar-refractivity contribution is 0.0648. The largest absolute Gasteiger partial charge is 0.508 e. The maximum Gasteiger partial charge on any atom is 0.340 e. The molecule has 2 aromatic carbocycles. The standard InChI is InChI=1S/C16H8O9/c17-4-1-5-9(8(18)2-4)13(20)10-6(12(5)19)3-7(15(22)23)11(14(10)21)16(24)25/h1-3,17-18,21H,(H,22,23)(H,24,25). The van der Waals surface area contributed by atoms with E-state index in [1.807, 2.05) is 0 Å². The number of phenols is 3. The first-order valence-electron chi connectivity index (χ1n) is 6.67. The summed E-state index contributed by atoms with van der Waals surface area (Å²) >= 11 is 0. The van der Waals surface area contributed by atoms with Crippen molar-refractivity contribution in [1.82, 2.24) is 0 Å².